The lowest BCUT2D eigenvalue weighted by atomic mass is 10.2. The molecule has 3 rings (SSSR count). The molecule has 2 amide bonds. The van der Waals surface area contributed by atoms with Gasteiger partial charge in [0.15, 0.2) is 11.5 Å². The lowest BCUT2D eigenvalue weighted by molar-refractivity contribution is -0.154. The van der Waals surface area contributed by atoms with E-state index in [1.807, 2.05) is 0 Å². The third kappa shape index (κ3) is 3.27. The molecule has 8 nitrogen and oxygen atoms in total. The Bertz CT molecular complexity index is 675. The van der Waals surface area contributed by atoms with E-state index in [1.165, 1.54) is 0 Å². The first-order valence-corrected chi connectivity index (χ1v) is 7.76. The number of fused-ring (bicyclic) bond motifs is 1. The van der Waals surface area contributed by atoms with Crippen LogP contribution in [-0.2, 0) is 19.1 Å². The van der Waals surface area contributed by atoms with Gasteiger partial charge in [0.05, 0.1) is 12.6 Å². The molecule has 0 unspecified atom stereocenters. The fourth-order valence-electron chi connectivity index (χ4n) is 2.69. The summed E-state index contributed by atoms with van der Waals surface area (Å²) >= 11 is 0. The molecule has 8 heteroatoms. The number of hydrogen-bond donors (Lipinski definition) is 1. The fourth-order valence-corrected chi connectivity index (χ4v) is 2.69. The number of esters is 1. The Morgan fingerprint density at radius 2 is 2.04 bits per heavy atom. The second kappa shape index (κ2) is 6.77. The van der Waals surface area contributed by atoms with E-state index in [2.05, 4.69) is 10.1 Å². The number of benzene rings is 1. The normalized spacial score (nSPS) is 19.1. The zero-order chi connectivity index (χ0) is 17.1. The Hall–Kier alpha value is -2.77. The van der Waals surface area contributed by atoms with Crippen molar-refractivity contribution in [2.24, 2.45) is 0 Å². The number of hydrogen-bond acceptors (Lipinski definition) is 6. The highest BCUT2D eigenvalue weighted by molar-refractivity contribution is 6.32. The largest absolute Gasteiger partial charge is 0.486 e. The highest BCUT2D eigenvalue weighted by Gasteiger charge is 2.33. The van der Waals surface area contributed by atoms with Gasteiger partial charge in [0.1, 0.15) is 13.2 Å². The molecule has 1 saturated heterocycles. The SMILES string of the molecule is CCOC(=O)C(=O)N[C@H]1CC(=O)N(c2ccc3c(c2)OCCO3)C1. The van der Waals surface area contributed by atoms with Crippen molar-refractivity contribution in [3.05, 3.63) is 18.2 Å². The Morgan fingerprint density at radius 1 is 1.29 bits per heavy atom. The second-order valence-corrected chi connectivity index (χ2v) is 5.43. The summed E-state index contributed by atoms with van der Waals surface area (Å²) in [4.78, 5) is 36.8. The van der Waals surface area contributed by atoms with Gasteiger partial charge in [-0.05, 0) is 19.1 Å². The zero-order valence-electron chi connectivity index (χ0n) is 13.2. The van der Waals surface area contributed by atoms with Gasteiger partial charge in [0.25, 0.3) is 0 Å². The van der Waals surface area contributed by atoms with Crippen molar-refractivity contribution in [2.75, 3.05) is 31.3 Å². The number of amides is 2. The van der Waals surface area contributed by atoms with Crippen molar-refractivity contribution in [3.8, 4) is 11.5 Å². The van der Waals surface area contributed by atoms with E-state index in [0.717, 1.165) is 0 Å². The average Bonchev–Trinajstić information content (AvgIpc) is 2.95. The van der Waals surface area contributed by atoms with Crippen molar-refractivity contribution in [2.45, 2.75) is 19.4 Å². The summed E-state index contributed by atoms with van der Waals surface area (Å²) in [6.45, 7) is 2.98. The van der Waals surface area contributed by atoms with E-state index < -0.39 is 17.9 Å². The standard InChI is InChI=1S/C16H18N2O6/c1-2-22-16(21)15(20)17-10-7-14(19)18(9-10)11-3-4-12-13(8-11)24-6-5-23-12/h3-4,8,10H,2,5-7,9H2,1H3,(H,17,20)/t10-/m0/s1. The lowest BCUT2D eigenvalue weighted by Crippen LogP contribution is -2.41. The third-order valence-electron chi connectivity index (χ3n) is 3.76. The summed E-state index contributed by atoms with van der Waals surface area (Å²) in [6.07, 6.45) is 0.125. The molecule has 128 valence electrons. The van der Waals surface area contributed by atoms with Gasteiger partial charge in [-0.15, -0.1) is 0 Å². The molecule has 0 bridgehead atoms. The molecule has 1 N–H and O–H groups in total. The number of carbonyl (C=O) groups is 3. The first-order valence-electron chi connectivity index (χ1n) is 7.76. The zero-order valence-corrected chi connectivity index (χ0v) is 13.2. The quantitative estimate of drug-likeness (QED) is 0.629. The highest BCUT2D eigenvalue weighted by atomic mass is 16.6. The Kier molecular flexibility index (Phi) is 4.54. The van der Waals surface area contributed by atoms with Crippen LogP contribution in [-0.4, -0.2) is 50.2 Å². The smallest absolute Gasteiger partial charge is 0.396 e. The Labute approximate surface area is 138 Å². The molecule has 1 aromatic rings. The van der Waals surface area contributed by atoms with E-state index in [4.69, 9.17) is 9.47 Å². The van der Waals surface area contributed by atoms with Crippen LogP contribution >= 0.6 is 0 Å². The van der Waals surface area contributed by atoms with Gasteiger partial charge in [0.2, 0.25) is 5.91 Å². The predicted octanol–water partition coefficient (Wildman–Crippen LogP) is 0.242. The molecule has 1 atom stereocenters. The van der Waals surface area contributed by atoms with Gasteiger partial charge < -0.3 is 24.4 Å². The van der Waals surface area contributed by atoms with Crippen LogP contribution in [0.5, 0.6) is 11.5 Å². The lowest BCUT2D eigenvalue weighted by Gasteiger charge is -2.22. The number of rotatable bonds is 3. The molecule has 2 aliphatic heterocycles. The van der Waals surface area contributed by atoms with Gasteiger partial charge in [-0.3, -0.25) is 9.59 Å². The molecule has 0 aromatic heterocycles. The monoisotopic (exact) mass is 334 g/mol. The van der Waals surface area contributed by atoms with Crippen molar-refractivity contribution in [1.82, 2.24) is 5.32 Å². The summed E-state index contributed by atoms with van der Waals surface area (Å²) < 4.78 is 15.6. The molecule has 2 heterocycles. The first-order chi connectivity index (χ1) is 11.6. The van der Waals surface area contributed by atoms with Crippen molar-refractivity contribution >= 4 is 23.5 Å². The number of carbonyl (C=O) groups excluding carboxylic acids is 3. The van der Waals surface area contributed by atoms with Gasteiger partial charge in [-0.25, -0.2) is 4.79 Å². The summed E-state index contributed by atoms with van der Waals surface area (Å²) in [5.41, 5.74) is 0.664. The topological polar surface area (TPSA) is 94.2 Å². The second-order valence-electron chi connectivity index (χ2n) is 5.43. The van der Waals surface area contributed by atoms with Crippen molar-refractivity contribution < 1.29 is 28.6 Å². The van der Waals surface area contributed by atoms with Crippen molar-refractivity contribution in [3.63, 3.8) is 0 Å². The molecular formula is C16H18N2O6. The Morgan fingerprint density at radius 3 is 2.79 bits per heavy atom. The van der Waals surface area contributed by atoms with Gasteiger partial charge in [-0.1, -0.05) is 0 Å². The summed E-state index contributed by atoms with van der Waals surface area (Å²) in [5, 5.41) is 2.52. The number of ether oxygens (including phenoxy) is 3. The van der Waals surface area contributed by atoms with E-state index in [1.54, 1.807) is 30.0 Å². The summed E-state index contributed by atoms with van der Waals surface area (Å²) in [6, 6.07) is 4.81. The fraction of sp³-hybridized carbons (Fsp3) is 0.438. The van der Waals surface area contributed by atoms with E-state index >= 15 is 0 Å². The Balaban J connectivity index is 1.67. The minimum Gasteiger partial charge on any atom is -0.486 e. The van der Waals surface area contributed by atoms with Crippen LogP contribution in [0.3, 0.4) is 0 Å². The number of nitrogens with zero attached hydrogens (tertiary/aromatic N) is 1. The van der Waals surface area contributed by atoms with Crippen molar-refractivity contribution in [1.29, 1.82) is 0 Å². The van der Waals surface area contributed by atoms with Gasteiger partial charge >= 0.3 is 11.9 Å². The van der Waals surface area contributed by atoms with E-state index in [-0.39, 0.29) is 25.5 Å². The molecule has 24 heavy (non-hydrogen) atoms. The number of anilines is 1. The molecule has 0 aliphatic carbocycles. The summed E-state index contributed by atoms with van der Waals surface area (Å²) in [5.74, 6) is -0.684. The molecule has 0 saturated carbocycles. The van der Waals surface area contributed by atoms with Crippen LogP contribution < -0.4 is 19.7 Å². The summed E-state index contributed by atoms with van der Waals surface area (Å²) in [7, 11) is 0. The molecule has 1 fully saturated rings. The van der Waals surface area contributed by atoms with Crippen LogP contribution in [0.4, 0.5) is 5.69 Å². The molecule has 0 radical (unpaired) electrons. The third-order valence-corrected chi connectivity index (χ3v) is 3.76. The van der Waals surface area contributed by atoms with E-state index in [0.29, 0.717) is 30.4 Å². The van der Waals surface area contributed by atoms with Crippen LogP contribution in [0, 0.1) is 0 Å². The maximum Gasteiger partial charge on any atom is 0.396 e. The minimum atomic E-state index is -0.942. The molecular weight excluding hydrogens is 316 g/mol. The minimum absolute atomic E-state index is 0.124. The average molecular weight is 334 g/mol. The molecule has 1 aromatic carbocycles. The van der Waals surface area contributed by atoms with Gasteiger partial charge in [0, 0.05) is 24.7 Å². The van der Waals surface area contributed by atoms with Crippen LogP contribution in [0.2, 0.25) is 0 Å². The first kappa shape index (κ1) is 16.1. The van der Waals surface area contributed by atoms with Crippen LogP contribution in [0.1, 0.15) is 13.3 Å². The predicted molar refractivity (Wildman–Crippen MR) is 83.0 cm³/mol. The van der Waals surface area contributed by atoms with Gasteiger partial charge in [-0.2, -0.15) is 0 Å². The van der Waals surface area contributed by atoms with Crippen LogP contribution in [0.25, 0.3) is 0 Å². The van der Waals surface area contributed by atoms with E-state index in [9.17, 15) is 14.4 Å². The number of nitrogens with one attached hydrogen (secondary N) is 1. The highest BCUT2D eigenvalue weighted by Crippen LogP contribution is 2.35. The molecule has 2 aliphatic rings. The maximum atomic E-state index is 12.2. The van der Waals surface area contributed by atoms with Crippen LogP contribution in [0.15, 0.2) is 18.2 Å². The molecule has 0 spiro atoms. The maximum absolute atomic E-state index is 12.2.